The summed E-state index contributed by atoms with van der Waals surface area (Å²) in [4.78, 5) is 21.3. The molecule has 2 atom stereocenters. The maximum atomic E-state index is 16.8. The van der Waals surface area contributed by atoms with Crippen LogP contribution in [0.2, 0.25) is 5.02 Å². The highest BCUT2D eigenvalue weighted by molar-refractivity contribution is 6.36. The molecular weight excluding hydrogens is 628 g/mol. The van der Waals surface area contributed by atoms with Gasteiger partial charge in [0, 0.05) is 17.8 Å². The quantitative estimate of drug-likeness (QED) is 0.221. The predicted octanol–water partition coefficient (Wildman–Crippen LogP) is 6.19. The van der Waals surface area contributed by atoms with Crippen LogP contribution in [-0.4, -0.2) is 64.2 Å². The maximum Gasteiger partial charge on any atom is 0.418 e. The third kappa shape index (κ3) is 5.68. The van der Waals surface area contributed by atoms with Crippen LogP contribution in [-0.2, 0) is 6.18 Å². The van der Waals surface area contributed by atoms with Gasteiger partial charge in [0.2, 0.25) is 0 Å². The molecule has 5 heterocycles. The fourth-order valence-electron chi connectivity index (χ4n) is 6.40. The SMILES string of the molecule is Cc1cc(N)nc(-c2c(Cl)c3c4c(nc(OCC[C@H]5CCCN5C)nc4c2F)N([C@H](C)c2cccnc2N)CCO3)c1C(F)(F)F. The number of ether oxygens (including phenoxy) is 2. The van der Waals surface area contributed by atoms with Gasteiger partial charge in [0.25, 0.3) is 0 Å². The van der Waals surface area contributed by atoms with E-state index in [-0.39, 0.29) is 59.6 Å². The van der Waals surface area contributed by atoms with Crippen LogP contribution in [0.5, 0.6) is 11.8 Å². The number of nitrogens with zero attached hydrogens (tertiary/aromatic N) is 6. The average Bonchev–Trinajstić information content (AvgIpc) is 3.29. The van der Waals surface area contributed by atoms with Crippen molar-refractivity contribution in [1.82, 2.24) is 24.8 Å². The Morgan fingerprint density at radius 3 is 2.67 bits per heavy atom. The van der Waals surface area contributed by atoms with Crippen LogP contribution in [0.1, 0.15) is 48.9 Å². The molecule has 46 heavy (non-hydrogen) atoms. The Hall–Kier alpha value is -4.17. The second kappa shape index (κ2) is 12.2. The van der Waals surface area contributed by atoms with Crippen LogP contribution in [0, 0.1) is 12.7 Å². The molecule has 3 aromatic heterocycles. The molecule has 0 saturated carbocycles. The van der Waals surface area contributed by atoms with Crippen LogP contribution in [0.25, 0.3) is 22.2 Å². The first-order valence-electron chi connectivity index (χ1n) is 14.9. The molecule has 0 unspecified atom stereocenters. The maximum absolute atomic E-state index is 16.8. The van der Waals surface area contributed by atoms with Crippen LogP contribution in [0.15, 0.2) is 24.4 Å². The molecule has 244 valence electrons. The van der Waals surface area contributed by atoms with Gasteiger partial charge in [0.05, 0.1) is 46.4 Å². The molecule has 2 aliphatic heterocycles. The number of rotatable bonds is 7. The van der Waals surface area contributed by atoms with E-state index >= 15 is 4.39 Å². The summed E-state index contributed by atoms with van der Waals surface area (Å²) in [6.07, 6.45) is -0.539. The molecule has 1 aromatic carbocycles. The monoisotopic (exact) mass is 660 g/mol. The van der Waals surface area contributed by atoms with Gasteiger partial charge in [-0.3, -0.25) is 0 Å². The number of nitrogen functional groups attached to an aromatic ring is 2. The number of likely N-dealkylation sites (tertiary alicyclic amines) is 1. The summed E-state index contributed by atoms with van der Waals surface area (Å²) in [7, 11) is 2.05. The third-order valence-electron chi connectivity index (χ3n) is 8.69. The van der Waals surface area contributed by atoms with Gasteiger partial charge >= 0.3 is 12.2 Å². The Kier molecular flexibility index (Phi) is 8.44. The lowest BCUT2D eigenvalue weighted by molar-refractivity contribution is -0.137. The number of benzene rings is 1. The van der Waals surface area contributed by atoms with Crippen LogP contribution < -0.4 is 25.8 Å². The molecule has 0 radical (unpaired) electrons. The molecule has 15 heteroatoms. The highest BCUT2D eigenvalue weighted by Crippen LogP contribution is 2.50. The summed E-state index contributed by atoms with van der Waals surface area (Å²) in [5.74, 6) is -0.937. The first kappa shape index (κ1) is 31.8. The Morgan fingerprint density at radius 1 is 1.20 bits per heavy atom. The lowest BCUT2D eigenvalue weighted by atomic mass is 9.98. The van der Waals surface area contributed by atoms with Crippen molar-refractivity contribution in [2.75, 3.05) is 49.7 Å². The minimum absolute atomic E-state index is 0.0283. The Labute approximate surface area is 267 Å². The molecule has 4 N–H and O–H groups in total. The van der Waals surface area contributed by atoms with Crippen LogP contribution >= 0.6 is 11.6 Å². The normalized spacial score (nSPS) is 17.7. The van der Waals surface area contributed by atoms with Gasteiger partial charge < -0.3 is 30.7 Å². The molecular formula is C31H33ClF4N8O2. The van der Waals surface area contributed by atoms with Gasteiger partial charge in [0.1, 0.15) is 29.6 Å². The highest BCUT2D eigenvalue weighted by atomic mass is 35.5. The van der Waals surface area contributed by atoms with Crippen molar-refractivity contribution in [3.63, 3.8) is 0 Å². The topological polar surface area (TPSA) is 129 Å². The van der Waals surface area contributed by atoms with E-state index in [2.05, 4.69) is 19.9 Å². The number of alkyl halides is 3. The van der Waals surface area contributed by atoms with Crippen LogP contribution in [0.4, 0.5) is 35.0 Å². The van der Waals surface area contributed by atoms with Gasteiger partial charge in [0.15, 0.2) is 11.6 Å². The summed E-state index contributed by atoms with van der Waals surface area (Å²) in [6, 6.07) is 4.37. The standard InChI is InChI=1S/C31H33ClF4N8O2/c1-15-14-19(37)40-25(22(15)31(34,35)36)20-23(32)27-21-26(24(20)33)41-30(46-12-8-17-6-5-10-43(17)3)42-29(21)44(11-13-45-27)16(2)18-7-4-9-39-28(18)38/h4,7,9,14,16-17H,5-6,8,10-13H2,1-3H3,(H2,37,40)(H2,38,39)/t16-,17-/m1/s1. The zero-order valence-corrected chi connectivity index (χ0v) is 26.2. The molecule has 1 fully saturated rings. The predicted molar refractivity (Wildman–Crippen MR) is 168 cm³/mol. The molecule has 2 aliphatic rings. The minimum atomic E-state index is -4.89. The number of anilines is 3. The molecule has 1 saturated heterocycles. The smallest absolute Gasteiger partial charge is 0.418 e. The fourth-order valence-corrected chi connectivity index (χ4v) is 6.72. The van der Waals surface area contributed by atoms with Gasteiger partial charge in [-0.05, 0) is 64.4 Å². The second-order valence-corrected chi connectivity index (χ2v) is 12.0. The molecule has 6 rings (SSSR count). The number of hydrogen-bond donors (Lipinski definition) is 2. The average molecular weight is 661 g/mol. The zero-order chi connectivity index (χ0) is 32.9. The first-order chi connectivity index (χ1) is 21.9. The molecule has 0 amide bonds. The van der Waals surface area contributed by atoms with E-state index < -0.39 is 39.9 Å². The molecule has 10 nitrogen and oxygen atoms in total. The number of pyridine rings is 2. The Morgan fingerprint density at radius 2 is 1.98 bits per heavy atom. The van der Waals surface area contributed by atoms with Crippen LogP contribution in [0.3, 0.4) is 0 Å². The fraction of sp³-hybridized carbons (Fsp3) is 0.419. The van der Waals surface area contributed by atoms with E-state index in [1.807, 2.05) is 24.9 Å². The number of hydrogen-bond acceptors (Lipinski definition) is 10. The van der Waals surface area contributed by atoms with Gasteiger partial charge in [-0.15, -0.1) is 0 Å². The summed E-state index contributed by atoms with van der Waals surface area (Å²) in [5, 5.41) is -0.332. The number of aromatic nitrogens is 4. The summed E-state index contributed by atoms with van der Waals surface area (Å²) in [5.41, 5.74) is 9.62. The van der Waals surface area contributed by atoms with Gasteiger partial charge in [-0.1, -0.05) is 17.7 Å². The van der Waals surface area contributed by atoms with E-state index in [0.29, 0.717) is 23.8 Å². The van der Waals surface area contributed by atoms with E-state index in [9.17, 15) is 13.2 Å². The van der Waals surface area contributed by atoms with Crippen molar-refractivity contribution >= 4 is 40.0 Å². The number of nitrogens with two attached hydrogens (primary N) is 2. The first-order valence-corrected chi connectivity index (χ1v) is 15.2. The molecule has 0 bridgehead atoms. The largest absolute Gasteiger partial charge is 0.489 e. The Bertz CT molecular complexity index is 1810. The van der Waals surface area contributed by atoms with Crippen molar-refractivity contribution in [2.45, 2.75) is 51.4 Å². The van der Waals surface area contributed by atoms with Crippen molar-refractivity contribution in [1.29, 1.82) is 0 Å². The molecule has 0 aliphatic carbocycles. The molecule has 4 aromatic rings. The lowest BCUT2D eigenvalue weighted by Crippen LogP contribution is -2.31. The third-order valence-corrected chi connectivity index (χ3v) is 9.05. The highest BCUT2D eigenvalue weighted by Gasteiger charge is 2.40. The van der Waals surface area contributed by atoms with E-state index in [0.717, 1.165) is 25.5 Å². The van der Waals surface area contributed by atoms with E-state index in [1.54, 1.807) is 12.3 Å². The Balaban J connectivity index is 1.57. The zero-order valence-electron chi connectivity index (χ0n) is 25.5. The van der Waals surface area contributed by atoms with Crippen molar-refractivity contribution < 1.29 is 27.0 Å². The number of halogens is 5. The van der Waals surface area contributed by atoms with E-state index in [1.165, 1.54) is 6.92 Å². The minimum Gasteiger partial charge on any atom is -0.489 e. The molecule has 0 spiro atoms. The lowest BCUT2D eigenvalue weighted by Gasteiger charge is -2.30. The van der Waals surface area contributed by atoms with Gasteiger partial charge in [-0.2, -0.15) is 23.1 Å². The summed E-state index contributed by atoms with van der Waals surface area (Å²) in [6.45, 7) is 4.59. The van der Waals surface area contributed by atoms with E-state index in [4.69, 9.17) is 37.5 Å². The summed E-state index contributed by atoms with van der Waals surface area (Å²) < 4.78 is 72.0. The second-order valence-electron chi connectivity index (χ2n) is 11.6. The summed E-state index contributed by atoms with van der Waals surface area (Å²) >= 11 is 6.76. The van der Waals surface area contributed by atoms with Crippen molar-refractivity contribution in [2.24, 2.45) is 0 Å². The van der Waals surface area contributed by atoms with Gasteiger partial charge in [-0.25, -0.2) is 14.4 Å². The van der Waals surface area contributed by atoms with Crippen molar-refractivity contribution in [3.8, 4) is 23.0 Å². The number of aryl methyl sites for hydroxylation is 1. The van der Waals surface area contributed by atoms with Crippen molar-refractivity contribution in [3.05, 3.63) is 51.9 Å².